The van der Waals surface area contributed by atoms with Crippen LogP contribution in [-0.4, -0.2) is 41.1 Å². The SMILES string of the molecule is COc1ccccc1NC(=O)C1CCN(Cc2nc(-c3ccc(Br)cc3)no2)CC1. The Balaban J connectivity index is 1.29. The molecule has 4 rings (SSSR count). The van der Waals surface area contributed by atoms with Crippen LogP contribution in [0.3, 0.4) is 0 Å². The van der Waals surface area contributed by atoms with Crippen LogP contribution in [0.15, 0.2) is 57.5 Å². The molecule has 0 bridgehead atoms. The number of amides is 1. The van der Waals surface area contributed by atoms with E-state index in [1.54, 1.807) is 7.11 Å². The number of benzene rings is 2. The summed E-state index contributed by atoms with van der Waals surface area (Å²) < 4.78 is 11.7. The van der Waals surface area contributed by atoms with E-state index < -0.39 is 0 Å². The molecule has 8 heteroatoms. The third-order valence-corrected chi connectivity index (χ3v) is 5.78. The van der Waals surface area contributed by atoms with Crippen LogP contribution >= 0.6 is 15.9 Å². The molecule has 0 atom stereocenters. The van der Waals surface area contributed by atoms with Gasteiger partial charge in [-0.25, -0.2) is 0 Å². The molecule has 1 aliphatic heterocycles. The highest BCUT2D eigenvalue weighted by molar-refractivity contribution is 9.10. The fourth-order valence-electron chi connectivity index (χ4n) is 3.56. The number of carbonyl (C=O) groups excluding carboxylic acids is 1. The molecule has 1 amide bonds. The maximum absolute atomic E-state index is 12.7. The molecule has 1 aromatic heterocycles. The zero-order chi connectivity index (χ0) is 20.9. The predicted molar refractivity (Wildman–Crippen MR) is 117 cm³/mol. The van der Waals surface area contributed by atoms with E-state index in [1.165, 1.54) is 0 Å². The number of likely N-dealkylation sites (tertiary alicyclic amines) is 1. The van der Waals surface area contributed by atoms with Crippen LogP contribution in [0.2, 0.25) is 0 Å². The topological polar surface area (TPSA) is 80.5 Å². The Kier molecular flexibility index (Phi) is 6.44. The van der Waals surface area contributed by atoms with E-state index in [4.69, 9.17) is 9.26 Å². The van der Waals surface area contributed by atoms with Gasteiger partial charge in [0.25, 0.3) is 0 Å². The molecule has 0 spiro atoms. The zero-order valence-electron chi connectivity index (χ0n) is 16.7. The summed E-state index contributed by atoms with van der Waals surface area (Å²) in [6.45, 7) is 2.20. The minimum absolute atomic E-state index is 0.0211. The van der Waals surface area contributed by atoms with E-state index in [2.05, 4.69) is 36.3 Å². The van der Waals surface area contributed by atoms with Gasteiger partial charge >= 0.3 is 0 Å². The van der Waals surface area contributed by atoms with E-state index >= 15 is 0 Å². The van der Waals surface area contributed by atoms with Crippen molar-refractivity contribution in [3.05, 3.63) is 58.9 Å². The van der Waals surface area contributed by atoms with Crippen LogP contribution in [-0.2, 0) is 11.3 Å². The number of carbonyl (C=O) groups is 1. The molecule has 1 fully saturated rings. The summed E-state index contributed by atoms with van der Waals surface area (Å²) in [6.07, 6.45) is 1.57. The Bertz CT molecular complexity index is 998. The van der Waals surface area contributed by atoms with E-state index in [1.807, 2.05) is 48.5 Å². The van der Waals surface area contributed by atoms with Gasteiger partial charge in [-0.15, -0.1) is 0 Å². The molecule has 2 heterocycles. The first-order valence-electron chi connectivity index (χ1n) is 9.87. The number of para-hydroxylation sites is 2. The van der Waals surface area contributed by atoms with E-state index in [9.17, 15) is 4.79 Å². The molecule has 7 nitrogen and oxygen atoms in total. The molecule has 1 aliphatic rings. The number of ether oxygens (including phenoxy) is 1. The first-order chi connectivity index (χ1) is 14.6. The molecule has 3 aromatic rings. The summed E-state index contributed by atoms with van der Waals surface area (Å²) in [5.74, 6) is 1.86. The smallest absolute Gasteiger partial charge is 0.241 e. The van der Waals surface area contributed by atoms with Crippen molar-refractivity contribution in [3.63, 3.8) is 0 Å². The van der Waals surface area contributed by atoms with Crippen molar-refractivity contribution in [3.8, 4) is 17.1 Å². The molecule has 156 valence electrons. The number of hydrogen-bond acceptors (Lipinski definition) is 6. The van der Waals surface area contributed by atoms with Gasteiger partial charge in [0.05, 0.1) is 19.3 Å². The van der Waals surface area contributed by atoms with Crippen molar-refractivity contribution in [2.24, 2.45) is 5.92 Å². The van der Waals surface area contributed by atoms with Gasteiger partial charge in [-0.3, -0.25) is 9.69 Å². The molecule has 1 N–H and O–H groups in total. The average Bonchev–Trinajstić information content (AvgIpc) is 3.23. The lowest BCUT2D eigenvalue weighted by atomic mass is 9.96. The molecule has 0 radical (unpaired) electrons. The highest BCUT2D eigenvalue weighted by atomic mass is 79.9. The first-order valence-corrected chi connectivity index (χ1v) is 10.7. The molecule has 0 saturated carbocycles. The Morgan fingerprint density at radius 1 is 1.20 bits per heavy atom. The lowest BCUT2D eigenvalue weighted by Gasteiger charge is -2.30. The van der Waals surface area contributed by atoms with E-state index in [0.717, 1.165) is 36.0 Å². The number of methoxy groups -OCH3 is 1. The van der Waals surface area contributed by atoms with Crippen LogP contribution in [0.25, 0.3) is 11.4 Å². The van der Waals surface area contributed by atoms with Crippen LogP contribution in [0.5, 0.6) is 5.75 Å². The quantitative estimate of drug-likeness (QED) is 0.576. The summed E-state index contributed by atoms with van der Waals surface area (Å²) in [7, 11) is 1.60. The summed E-state index contributed by atoms with van der Waals surface area (Å²) in [5, 5.41) is 7.08. The van der Waals surface area contributed by atoms with Crippen LogP contribution in [0.1, 0.15) is 18.7 Å². The van der Waals surface area contributed by atoms with Crippen molar-refractivity contribution in [2.75, 3.05) is 25.5 Å². The monoisotopic (exact) mass is 470 g/mol. The Hall–Kier alpha value is -2.71. The van der Waals surface area contributed by atoms with Crippen molar-refractivity contribution in [1.82, 2.24) is 15.0 Å². The lowest BCUT2D eigenvalue weighted by molar-refractivity contribution is -0.121. The van der Waals surface area contributed by atoms with Crippen LogP contribution in [0.4, 0.5) is 5.69 Å². The van der Waals surface area contributed by atoms with Gasteiger partial charge in [-0.05, 0) is 62.3 Å². The number of nitrogens with zero attached hydrogens (tertiary/aromatic N) is 3. The van der Waals surface area contributed by atoms with Gasteiger partial charge in [0.15, 0.2) is 0 Å². The number of halogens is 1. The third-order valence-electron chi connectivity index (χ3n) is 5.25. The second-order valence-corrected chi connectivity index (χ2v) is 8.17. The Morgan fingerprint density at radius 3 is 2.67 bits per heavy atom. The predicted octanol–water partition coefficient (Wildman–Crippen LogP) is 4.36. The van der Waals surface area contributed by atoms with Gasteiger partial charge in [-0.1, -0.05) is 33.2 Å². The number of hydrogen-bond donors (Lipinski definition) is 1. The van der Waals surface area contributed by atoms with Crippen LogP contribution < -0.4 is 10.1 Å². The zero-order valence-corrected chi connectivity index (χ0v) is 18.3. The van der Waals surface area contributed by atoms with Gasteiger partial charge in [0.2, 0.25) is 17.6 Å². The lowest BCUT2D eigenvalue weighted by Crippen LogP contribution is -2.37. The normalized spacial score (nSPS) is 15.1. The molecular weight excluding hydrogens is 448 g/mol. The number of nitrogens with one attached hydrogen (secondary N) is 1. The minimum atomic E-state index is -0.0211. The second-order valence-electron chi connectivity index (χ2n) is 7.26. The molecular formula is C22H23BrN4O3. The molecule has 2 aromatic carbocycles. The summed E-state index contributed by atoms with van der Waals surface area (Å²) >= 11 is 3.42. The third kappa shape index (κ3) is 4.88. The Morgan fingerprint density at radius 2 is 1.93 bits per heavy atom. The average molecular weight is 471 g/mol. The fraction of sp³-hybridized carbons (Fsp3) is 0.318. The van der Waals surface area contributed by atoms with Crippen molar-refractivity contribution in [2.45, 2.75) is 19.4 Å². The largest absolute Gasteiger partial charge is 0.495 e. The molecule has 0 aliphatic carbocycles. The summed E-state index contributed by atoms with van der Waals surface area (Å²) in [4.78, 5) is 19.4. The Labute approximate surface area is 183 Å². The van der Waals surface area contributed by atoms with Gasteiger partial charge in [0, 0.05) is 16.0 Å². The van der Waals surface area contributed by atoms with Crippen molar-refractivity contribution >= 4 is 27.5 Å². The van der Waals surface area contributed by atoms with Gasteiger partial charge in [0.1, 0.15) is 5.75 Å². The highest BCUT2D eigenvalue weighted by Crippen LogP contribution is 2.26. The number of rotatable bonds is 6. The maximum Gasteiger partial charge on any atom is 0.241 e. The molecule has 0 unspecified atom stereocenters. The first kappa shape index (κ1) is 20.6. The van der Waals surface area contributed by atoms with Crippen molar-refractivity contribution in [1.29, 1.82) is 0 Å². The highest BCUT2D eigenvalue weighted by Gasteiger charge is 2.26. The van der Waals surface area contributed by atoms with E-state index in [-0.39, 0.29) is 11.8 Å². The molecule has 1 saturated heterocycles. The van der Waals surface area contributed by atoms with Gasteiger partial charge < -0.3 is 14.6 Å². The van der Waals surface area contributed by atoms with Crippen molar-refractivity contribution < 1.29 is 14.1 Å². The second kappa shape index (κ2) is 9.40. The standard InChI is InChI=1S/C22H23BrN4O3/c1-29-19-5-3-2-4-18(19)24-22(28)16-10-12-27(13-11-16)14-20-25-21(26-30-20)15-6-8-17(23)9-7-15/h2-9,16H,10-14H2,1H3,(H,24,28). The minimum Gasteiger partial charge on any atom is -0.495 e. The maximum atomic E-state index is 12.7. The summed E-state index contributed by atoms with van der Waals surface area (Å²) in [5.41, 5.74) is 1.62. The summed E-state index contributed by atoms with van der Waals surface area (Å²) in [6, 6.07) is 15.3. The fourth-order valence-corrected chi connectivity index (χ4v) is 3.83. The van der Waals surface area contributed by atoms with Crippen LogP contribution in [0, 0.1) is 5.92 Å². The number of aromatic nitrogens is 2. The number of piperidine rings is 1. The van der Waals surface area contributed by atoms with E-state index in [0.29, 0.717) is 29.7 Å². The van der Waals surface area contributed by atoms with Gasteiger partial charge in [-0.2, -0.15) is 4.98 Å². The number of anilines is 1. The molecule has 30 heavy (non-hydrogen) atoms.